The molecule has 0 saturated carbocycles. The normalized spacial score (nSPS) is 18.3. The lowest BCUT2D eigenvalue weighted by Gasteiger charge is -2.42. The van der Waals surface area contributed by atoms with Crippen molar-refractivity contribution >= 4 is 61.2 Å². The maximum absolute atomic E-state index is 14.6. The molecule has 26 nitrogen and oxygen atoms in total. The number of hydrogen-bond donors (Lipinski definition) is 4. The van der Waals surface area contributed by atoms with Gasteiger partial charge in [-0.2, -0.15) is 0 Å². The summed E-state index contributed by atoms with van der Waals surface area (Å²) in [5.74, 6) is -7.41. The molecule has 0 radical (unpaired) electrons. The molecule has 424 valence electrons. The molecule has 5 amide bonds. The molecule has 78 heavy (non-hydrogen) atoms. The van der Waals surface area contributed by atoms with Crippen LogP contribution >= 0.6 is 7.82 Å². The van der Waals surface area contributed by atoms with Gasteiger partial charge in [0.2, 0.25) is 30.7 Å². The molecule has 1 fully saturated rings. The number of fused-ring (bicyclic) bond motifs is 5. The highest BCUT2D eigenvalue weighted by molar-refractivity contribution is 7.46. The monoisotopic (exact) mass is 1120 g/mol. The van der Waals surface area contributed by atoms with Gasteiger partial charge in [-0.1, -0.05) is 17.3 Å². The van der Waals surface area contributed by atoms with E-state index in [0.29, 0.717) is 35.9 Å². The number of pyridine rings is 2. The summed E-state index contributed by atoms with van der Waals surface area (Å²) >= 11 is 0. The van der Waals surface area contributed by atoms with Crippen LogP contribution in [0.3, 0.4) is 0 Å². The van der Waals surface area contributed by atoms with Crippen molar-refractivity contribution in [3.63, 3.8) is 0 Å². The summed E-state index contributed by atoms with van der Waals surface area (Å²) in [5, 5.41) is 9.00. The number of rotatable bonds is 18. The number of nitrogens with zero attached hydrogens (tertiary/aromatic N) is 6. The van der Waals surface area contributed by atoms with E-state index < -0.39 is 147 Å². The largest absolute Gasteiger partial charge is 0.472 e. The Kier molecular flexibility index (Phi) is 18.4. The molecule has 1 spiro atoms. The third kappa shape index (κ3) is 15.1. The number of carbonyl (C=O) groups is 7. The highest BCUT2D eigenvalue weighted by Gasteiger charge is 2.54. The summed E-state index contributed by atoms with van der Waals surface area (Å²) in [5.41, 5.74) is -4.51. The molecule has 2 aromatic heterocycles. The predicted molar refractivity (Wildman–Crippen MR) is 266 cm³/mol. The fourth-order valence-corrected chi connectivity index (χ4v) is 8.87. The number of aromatic nitrogens is 2. The molecule has 0 unspecified atom stereocenters. The van der Waals surface area contributed by atoms with Crippen molar-refractivity contribution in [3.8, 4) is 5.75 Å². The van der Waals surface area contributed by atoms with Crippen LogP contribution in [0.5, 0.6) is 5.75 Å². The van der Waals surface area contributed by atoms with Crippen molar-refractivity contribution in [2.24, 2.45) is 5.16 Å². The standard InChI is InChI=1S/C49H61F2N8O18P/c1-27-19-49(77-55-27)15-14-28(2)58-23-35(49)59-22-32(42(63)53-20-29-12-13-31(50)17-33(29)51)39(62)40(38(59)43(58)64)71-25-72-45(66)56(9)41-30(11-10-16-52-41)21-57(46(67)73-26-74-78(68,69)70)24-36(60)54-34(44(65)76-48(6,7)8)18-37(61)75-47(3,4)5/h10-13,16-17,22,28,34-35H,14-15,18-21,23-26H2,1-9H3,(H,53,63)(H,54,60)(H2,68,69,70)/t28-,34-,35+,49-/m0/s1. The van der Waals surface area contributed by atoms with E-state index in [1.165, 1.54) is 41.0 Å². The minimum atomic E-state index is -5.17. The average Bonchev–Trinajstić information content (AvgIpc) is 3.88. The van der Waals surface area contributed by atoms with Crippen LogP contribution in [0.25, 0.3) is 0 Å². The molecule has 29 heteroatoms. The maximum atomic E-state index is 14.6. The highest BCUT2D eigenvalue weighted by atomic mass is 31.2. The Bertz CT molecular complexity index is 2980. The summed E-state index contributed by atoms with van der Waals surface area (Å²) in [7, 11) is -3.99. The van der Waals surface area contributed by atoms with Crippen LogP contribution in [0, 0.1) is 11.6 Å². The molecule has 3 aliphatic heterocycles. The molecule has 4 N–H and O–H groups in total. The summed E-state index contributed by atoms with van der Waals surface area (Å²) in [6.45, 7) is 8.59. The first-order valence-electron chi connectivity index (χ1n) is 24.2. The average molecular weight is 1120 g/mol. The summed E-state index contributed by atoms with van der Waals surface area (Å²) in [6.07, 6.45) is 0.319. The molecule has 6 rings (SSSR count). The number of amides is 5. The van der Waals surface area contributed by atoms with Crippen LogP contribution in [0.1, 0.15) is 119 Å². The Morgan fingerprint density at radius 3 is 2.32 bits per heavy atom. The summed E-state index contributed by atoms with van der Waals surface area (Å²) in [6, 6.07) is 2.72. The van der Waals surface area contributed by atoms with Gasteiger partial charge < -0.3 is 58.4 Å². The molecular formula is C49H61F2N8O18P. The zero-order valence-corrected chi connectivity index (χ0v) is 45.1. The van der Waals surface area contributed by atoms with Gasteiger partial charge in [0.15, 0.2) is 11.3 Å². The fraction of sp³-hybridized carbons (Fsp3) is 0.510. The number of benzene rings is 1. The second-order valence-electron chi connectivity index (χ2n) is 20.6. The van der Waals surface area contributed by atoms with Crippen LogP contribution in [-0.4, -0.2) is 139 Å². The highest BCUT2D eigenvalue weighted by Crippen LogP contribution is 2.46. The van der Waals surface area contributed by atoms with Crippen molar-refractivity contribution in [1.29, 1.82) is 0 Å². The lowest BCUT2D eigenvalue weighted by atomic mass is 9.84. The van der Waals surface area contributed by atoms with E-state index in [9.17, 15) is 61.5 Å². The van der Waals surface area contributed by atoms with E-state index in [1.807, 2.05) is 6.92 Å². The predicted octanol–water partition coefficient (Wildman–Crippen LogP) is 4.34. The van der Waals surface area contributed by atoms with Gasteiger partial charge in [0, 0.05) is 62.2 Å². The molecule has 1 aromatic carbocycles. The van der Waals surface area contributed by atoms with Crippen LogP contribution < -0.4 is 25.7 Å². The van der Waals surface area contributed by atoms with Crippen LogP contribution in [0.2, 0.25) is 0 Å². The van der Waals surface area contributed by atoms with Crippen LogP contribution in [-0.2, 0) is 60.3 Å². The van der Waals surface area contributed by atoms with Crippen molar-refractivity contribution in [2.75, 3.05) is 38.6 Å². The van der Waals surface area contributed by atoms with Gasteiger partial charge in [0.05, 0.1) is 24.7 Å². The number of anilines is 1. The second-order valence-corrected chi connectivity index (χ2v) is 21.8. The van der Waals surface area contributed by atoms with Gasteiger partial charge in [-0.15, -0.1) is 0 Å². The Labute approximate surface area is 445 Å². The van der Waals surface area contributed by atoms with Gasteiger partial charge >= 0.3 is 31.9 Å². The quantitative estimate of drug-likeness (QED) is 0.0596. The van der Waals surface area contributed by atoms with Gasteiger partial charge in [0.1, 0.15) is 46.8 Å². The SMILES string of the molecule is CC1=NO[C@@]2(CC[C@H](C)N3C[C@H]2n2cc(C(=O)NCc4ccc(F)cc4F)c(=O)c(OCOC(=O)N(C)c4ncccc4CN(CC(=O)N[C@@H](CC(=O)OC(C)(C)C)C(=O)OC(C)(C)C)C(=O)OCOP(=O)(O)O)c2C3=O)C1. The number of nitrogens with one attached hydrogen (secondary N) is 2. The molecule has 4 atom stereocenters. The molecule has 0 aliphatic carbocycles. The van der Waals surface area contributed by atoms with Crippen molar-refractivity contribution < 1.29 is 89.7 Å². The molecule has 3 aliphatic rings. The van der Waals surface area contributed by atoms with Crippen LogP contribution in [0.4, 0.5) is 24.2 Å². The van der Waals surface area contributed by atoms with Gasteiger partial charge in [-0.25, -0.2) is 37.2 Å². The summed E-state index contributed by atoms with van der Waals surface area (Å²) in [4.78, 5) is 141. The number of carbonyl (C=O) groups excluding carboxylic acids is 7. The van der Waals surface area contributed by atoms with Gasteiger partial charge in [0.25, 0.3) is 11.8 Å². The second kappa shape index (κ2) is 24.0. The Hall–Kier alpha value is -7.55. The molecule has 1 saturated heterocycles. The van der Waals surface area contributed by atoms with E-state index >= 15 is 0 Å². The van der Waals surface area contributed by atoms with E-state index in [1.54, 1.807) is 48.5 Å². The molecule has 2 bridgehead atoms. The first kappa shape index (κ1) is 59.7. The maximum Gasteiger partial charge on any atom is 0.472 e. The summed E-state index contributed by atoms with van der Waals surface area (Å²) < 4.78 is 72.2. The number of oxime groups is 1. The fourth-order valence-electron chi connectivity index (χ4n) is 8.68. The Morgan fingerprint density at radius 1 is 0.987 bits per heavy atom. The van der Waals surface area contributed by atoms with Crippen molar-refractivity contribution in [1.82, 2.24) is 30.0 Å². The minimum Gasteiger partial charge on any atom is -0.460 e. The number of phosphoric acid groups is 1. The van der Waals surface area contributed by atoms with Gasteiger partial charge in [-0.3, -0.25) is 33.8 Å². The van der Waals surface area contributed by atoms with E-state index in [-0.39, 0.29) is 35.2 Å². The first-order chi connectivity index (χ1) is 36.3. The van der Waals surface area contributed by atoms with Gasteiger partial charge in [-0.05, 0) is 80.4 Å². The smallest absolute Gasteiger partial charge is 0.460 e. The lowest BCUT2D eigenvalue weighted by molar-refractivity contribution is -0.165. The topological polar surface area (TPSA) is 323 Å². The van der Waals surface area contributed by atoms with Crippen molar-refractivity contribution in [2.45, 2.75) is 129 Å². The van der Waals surface area contributed by atoms with E-state index in [4.69, 9.17) is 28.5 Å². The van der Waals surface area contributed by atoms with Crippen LogP contribution in [0.15, 0.2) is 52.7 Å². The zero-order valence-electron chi connectivity index (χ0n) is 44.2. The third-order valence-corrected chi connectivity index (χ3v) is 12.6. The Morgan fingerprint density at radius 2 is 1.68 bits per heavy atom. The number of hydrogen-bond acceptors (Lipinski definition) is 18. The van der Waals surface area contributed by atoms with E-state index in [0.717, 1.165) is 17.0 Å². The molecule has 3 aromatic rings. The third-order valence-electron chi connectivity index (χ3n) is 12.1. The lowest BCUT2D eigenvalue weighted by Crippen LogP contribution is -2.52. The number of phosphoric ester groups is 1. The first-order valence-corrected chi connectivity index (χ1v) is 25.7. The Balaban J connectivity index is 1.26. The van der Waals surface area contributed by atoms with Crippen molar-refractivity contribution in [3.05, 3.63) is 87.0 Å². The zero-order chi connectivity index (χ0) is 57.7. The number of halogens is 2. The number of esters is 2. The minimum absolute atomic E-state index is 0.00108. The van der Waals surface area contributed by atoms with E-state index in [2.05, 4.69) is 25.3 Å². The number of ether oxygens (including phenoxy) is 5. The molecule has 5 heterocycles. The molecular weight excluding hydrogens is 1060 g/mol.